The number of benzene rings is 1. The molecule has 0 bridgehead atoms. The molecule has 100 valence electrons. The van der Waals surface area contributed by atoms with Crippen molar-refractivity contribution in [2.45, 2.75) is 26.3 Å². The van der Waals surface area contributed by atoms with E-state index in [9.17, 15) is 4.79 Å². The standard InChI is InChI=1S/C14H21NO3/c1-5-15-10(2)9-11(16)14-12(17-3)7-6-8-13(14)18-4/h6-8,10,15H,5,9H2,1-4H3. The Balaban J connectivity index is 2.96. The lowest BCUT2D eigenvalue weighted by Gasteiger charge is -2.15. The number of carbonyl (C=O) groups excluding carboxylic acids is 1. The van der Waals surface area contributed by atoms with Gasteiger partial charge in [0.05, 0.1) is 14.2 Å². The third-order valence-electron chi connectivity index (χ3n) is 2.75. The van der Waals surface area contributed by atoms with Crippen LogP contribution in [0.2, 0.25) is 0 Å². The molecule has 1 aromatic rings. The highest BCUT2D eigenvalue weighted by Crippen LogP contribution is 2.29. The summed E-state index contributed by atoms with van der Waals surface area (Å²) in [6.45, 7) is 4.85. The topological polar surface area (TPSA) is 47.6 Å². The summed E-state index contributed by atoms with van der Waals surface area (Å²) in [5, 5.41) is 3.22. The molecule has 0 aliphatic rings. The number of hydrogen-bond donors (Lipinski definition) is 1. The molecule has 0 radical (unpaired) electrons. The van der Waals surface area contributed by atoms with Crippen LogP contribution in [0.1, 0.15) is 30.6 Å². The van der Waals surface area contributed by atoms with Crippen molar-refractivity contribution in [3.63, 3.8) is 0 Å². The van der Waals surface area contributed by atoms with Crippen molar-refractivity contribution in [3.8, 4) is 11.5 Å². The smallest absolute Gasteiger partial charge is 0.171 e. The Kier molecular flexibility index (Phi) is 5.65. The maximum atomic E-state index is 12.3. The molecule has 1 atom stereocenters. The van der Waals surface area contributed by atoms with Crippen LogP contribution in [-0.2, 0) is 0 Å². The van der Waals surface area contributed by atoms with Crippen LogP contribution < -0.4 is 14.8 Å². The number of carbonyl (C=O) groups is 1. The van der Waals surface area contributed by atoms with Crippen molar-refractivity contribution >= 4 is 5.78 Å². The van der Waals surface area contributed by atoms with E-state index in [1.807, 2.05) is 19.9 Å². The fraction of sp³-hybridized carbons (Fsp3) is 0.500. The van der Waals surface area contributed by atoms with Gasteiger partial charge in [0.2, 0.25) is 0 Å². The average Bonchev–Trinajstić information content (AvgIpc) is 2.37. The van der Waals surface area contributed by atoms with Gasteiger partial charge in [-0.25, -0.2) is 0 Å². The third-order valence-corrected chi connectivity index (χ3v) is 2.75. The third kappa shape index (κ3) is 3.47. The molecule has 1 rings (SSSR count). The maximum absolute atomic E-state index is 12.3. The van der Waals surface area contributed by atoms with E-state index in [0.717, 1.165) is 6.54 Å². The summed E-state index contributed by atoms with van der Waals surface area (Å²) in [4.78, 5) is 12.3. The van der Waals surface area contributed by atoms with E-state index in [2.05, 4.69) is 5.32 Å². The molecule has 0 aliphatic carbocycles. The fourth-order valence-corrected chi connectivity index (χ4v) is 1.93. The van der Waals surface area contributed by atoms with Gasteiger partial charge < -0.3 is 14.8 Å². The number of Topliss-reactive ketones (excluding diaryl/α,β-unsaturated/α-hetero) is 1. The van der Waals surface area contributed by atoms with Gasteiger partial charge in [0.25, 0.3) is 0 Å². The lowest BCUT2D eigenvalue weighted by Crippen LogP contribution is -2.28. The van der Waals surface area contributed by atoms with E-state index in [4.69, 9.17) is 9.47 Å². The number of nitrogens with one attached hydrogen (secondary N) is 1. The van der Waals surface area contributed by atoms with Gasteiger partial charge in [0.1, 0.15) is 17.1 Å². The highest BCUT2D eigenvalue weighted by Gasteiger charge is 2.19. The summed E-state index contributed by atoms with van der Waals surface area (Å²) in [6.07, 6.45) is 0.421. The van der Waals surface area contributed by atoms with Crippen LogP contribution in [0, 0.1) is 0 Å². The predicted octanol–water partition coefficient (Wildman–Crippen LogP) is 2.27. The Bertz CT molecular complexity index is 382. The van der Waals surface area contributed by atoms with Crippen molar-refractivity contribution in [3.05, 3.63) is 23.8 Å². The van der Waals surface area contributed by atoms with Crippen LogP contribution in [0.15, 0.2) is 18.2 Å². The van der Waals surface area contributed by atoms with E-state index < -0.39 is 0 Å². The lowest BCUT2D eigenvalue weighted by molar-refractivity contribution is 0.0965. The molecular formula is C14H21NO3. The van der Waals surface area contributed by atoms with E-state index >= 15 is 0 Å². The average molecular weight is 251 g/mol. The van der Waals surface area contributed by atoms with Crippen LogP contribution in [-0.4, -0.2) is 32.6 Å². The highest BCUT2D eigenvalue weighted by atomic mass is 16.5. The minimum atomic E-state index is 0.0257. The van der Waals surface area contributed by atoms with Crippen LogP contribution in [0.25, 0.3) is 0 Å². The van der Waals surface area contributed by atoms with Gasteiger partial charge in [-0.15, -0.1) is 0 Å². The van der Waals surface area contributed by atoms with Crippen molar-refractivity contribution in [1.82, 2.24) is 5.32 Å². The molecule has 1 unspecified atom stereocenters. The number of ketones is 1. The van der Waals surface area contributed by atoms with E-state index in [1.54, 1.807) is 26.4 Å². The SMILES string of the molecule is CCNC(C)CC(=O)c1c(OC)cccc1OC. The maximum Gasteiger partial charge on any atom is 0.171 e. The Morgan fingerprint density at radius 2 is 1.83 bits per heavy atom. The van der Waals surface area contributed by atoms with Gasteiger partial charge in [0, 0.05) is 12.5 Å². The minimum absolute atomic E-state index is 0.0257. The van der Waals surface area contributed by atoms with Gasteiger partial charge in [-0.1, -0.05) is 13.0 Å². The molecule has 0 aromatic heterocycles. The van der Waals surface area contributed by atoms with E-state index in [0.29, 0.717) is 23.5 Å². The van der Waals surface area contributed by atoms with Crippen molar-refractivity contribution in [1.29, 1.82) is 0 Å². The minimum Gasteiger partial charge on any atom is -0.496 e. The number of ether oxygens (including phenoxy) is 2. The summed E-state index contributed by atoms with van der Waals surface area (Å²) >= 11 is 0. The number of hydrogen-bond acceptors (Lipinski definition) is 4. The lowest BCUT2D eigenvalue weighted by atomic mass is 10.0. The zero-order chi connectivity index (χ0) is 13.5. The molecule has 4 nitrogen and oxygen atoms in total. The molecule has 0 aliphatic heterocycles. The van der Waals surface area contributed by atoms with Gasteiger partial charge in [-0.05, 0) is 25.6 Å². The van der Waals surface area contributed by atoms with Crippen LogP contribution in [0.4, 0.5) is 0 Å². The Morgan fingerprint density at radius 1 is 1.28 bits per heavy atom. The zero-order valence-corrected chi connectivity index (χ0v) is 11.4. The molecule has 0 spiro atoms. The molecule has 0 fully saturated rings. The van der Waals surface area contributed by atoms with Gasteiger partial charge in [0.15, 0.2) is 5.78 Å². The van der Waals surface area contributed by atoms with Crippen molar-refractivity contribution in [2.75, 3.05) is 20.8 Å². The summed E-state index contributed by atoms with van der Waals surface area (Å²) in [5.41, 5.74) is 0.521. The molecular weight excluding hydrogens is 230 g/mol. The van der Waals surface area contributed by atoms with Gasteiger partial charge in [-0.3, -0.25) is 4.79 Å². The Morgan fingerprint density at radius 3 is 2.28 bits per heavy atom. The molecule has 18 heavy (non-hydrogen) atoms. The second-order valence-electron chi connectivity index (χ2n) is 4.12. The molecule has 0 amide bonds. The number of methoxy groups -OCH3 is 2. The summed E-state index contributed by atoms with van der Waals surface area (Å²) < 4.78 is 10.5. The first-order valence-corrected chi connectivity index (χ1v) is 6.11. The van der Waals surface area contributed by atoms with Crippen LogP contribution in [0.3, 0.4) is 0 Å². The molecule has 4 heteroatoms. The van der Waals surface area contributed by atoms with Crippen molar-refractivity contribution in [2.24, 2.45) is 0 Å². The monoisotopic (exact) mass is 251 g/mol. The molecule has 0 saturated carbocycles. The largest absolute Gasteiger partial charge is 0.496 e. The summed E-state index contributed by atoms with van der Waals surface area (Å²) in [7, 11) is 3.11. The Labute approximate surface area is 108 Å². The molecule has 1 N–H and O–H groups in total. The summed E-state index contributed by atoms with van der Waals surface area (Å²) in [5.74, 6) is 1.14. The second-order valence-corrected chi connectivity index (χ2v) is 4.12. The van der Waals surface area contributed by atoms with Crippen LogP contribution >= 0.6 is 0 Å². The number of rotatable bonds is 7. The van der Waals surface area contributed by atoms with E-state index in [1.165, 1.54) is 0 Å². The second kappa shape index (κ2) is 7.01. The molecule has 1 aromatic carbocycles. The van der Waals surface area contributed by atoms with Crippen molar-refractivity contribution < 1.29 is 14.3 Å². The normalized spacial score (nSPS) is 12.0. The zero-order valence-electron chi connectivity index (χ0n) is 11.4. The first kappa shape index (κ1) is 14.5. The summed E-state index contributed by atoms with van der Waals surface area (Å²) in [6, 6.07) is 5.49. The van der Waals surface area contributed by atoms with Gasteiger partial charge in [-0.2, -0.15) is 0 Å². The quantitative estimate of drug-likeness (QED) is 0.755. The Hall–Kier alpha value is -1.55. The predicted molar refractivity (Wildman–Crippen MR) is 71.6 cm³/mol. The first-order valence-electron chi connectivity index (χ1n) is 6.11. The first-order chi connectivity index (χ1) is 8.63. The molecule has 0 heterocycles. The fourth-order valence-electron chi connectivity index (χ4n) is 1.93. The van der Waals surface area contributed by atoms with E-state index in [-0.39, 0.29) is 11.8 Å². The van der Waals surface area contributed by atoms with Gasteiger partial charge >= 0.3 is 0 Å². The van der Waals surface area contributed by atoms with Crippen LogP contribution in [0.5, 0.6) is 11.5 Å². The molecule has 0 saturated heterocycles. The highest BCUT2D eigenvalue weighted by molar-refractivity contribution is 6.01.